The van der Waals surface area contributed by atoms with Gasteiger partial charge in [0.1, 0.15) is 0 Å². The van der Waals surface area contributed by atoms with E-state index in [0.29, 0.717) is 17.6 Å². The van der Waals surface area contributed by atoms with Gasteiger partial charge in [-0.25, -0.2) is 0 Å². The summed E-state index contributed by atoms with van der Waals surface area (Å²) in [6.07, 6.45) is 0.862. The van der Waals surface area contributed by atoms with E-state index in [4.69, 9.17) is 11.6 Å². The molecule has 0 aromatic heterocycles. The fourth-order valence-corrected chi connectivity index (χ4v) is 1.80. The number of nitrogens with one attached hydrogen (secondary N) is 1. The molecule has 0 bridgehead atoms. The van der Waals surface area contributed by atoms with Gasteiger partial charge in [-0.05, 0) is 6.42 Å². The van der Waals surface area contributed by atoms with E-state index in [1.165, 1.54) is 0 Å². The van der Waals surface area contributed by atoms with Gasteiger partial charge < -0.3 is 10.2 Å². The SMILES string of the molecule is C=C(Cl)CN1CCC(NC(C)C)C1=O. The Hall–Kier alpha value is -0.540. The predicted molar refractivity (Wildman–Crippen MR) is 58.2 cm³/mol. The van der Waals surface area contributed by atoms with Crippen LogP contribution in [0, 0.1) is 0 Å². The first-order chi connectivity index (χ1) is 6.50. The molecule has 1 unspecified atom stereocenters. The molecule has 1 N–H and O–H groups in total. The average Bonchev–Trinajstić information content (AvgIpc) is 2.34. The smallest absolute Gasteiger partial charge is 0.240 e. The fourth-order valence-electron chi connectivity index (χ4n) is 1.66. The molecule has 1 amide bonds. The number of amides is 1. The van der Waals surface area contributed by atoms with Crippen LogP contribution in [0.25, 0.3) is 0 Å². The first-order valence-corrected chi connectivity index (χ1v) is 5.26. The highest BCUT2D eigenvalue weighted by Gasteiger charge is 2.31. The number of halogens is 1. The topological polar surface area (TPSA) is 32.3 Å². The van der Waals surface area contributed by atoms with E-state index in [-0.39, 0.29) is 11.9 Å². The normalized spacial score (nSPS) is 22.1. The number of hydrogen-bond acceptors (Lipinski definition) is 2. The second kappa shape index (κ2) is 4.80. The zero-order valence-electron chi connectivity index (χ0n) is 8.72. The summed E-state index contributed by atoms with van der Waals surface area (Å²) in [7, 11) is 0. The summed E-state index contributed by atoms with van der Waals surface area (Å²) in [5, 5.41) is 3.75. The van der Waals surface area contributed by atoms with E-state index in [9.17, 15) is 4.79 Å². The Morgan fingerprint density at radius 3 is 2.93 bits per heavy atom. The molecule has 0 saturated carbocycles. The summed E-state index contributed by atoms with van der Waals surface area (Å²) in [4.78, 5) is 13.5. The summed E-state index contributed by atoms with van der Waals surface area (Å²) < 4.78 is 0. The van der Waals surface area contributed by atoms with Crippen LogP contribution in [0.4, 0.5) is 0 Å². The average molecular weight is 217 g/mol. The summed E-state index contributed by atoms with van der Waals surface area (Å²) in [6.45, 7) is 8.91. The summed E-state index contributed by atoms with van der Waals surface area (Å²) in [5.74, 6) is 0.139. The Bertz CT molecular complexity index is 240. The molecule has 80 valence electrons. The number of hydrogen-bond donors (Lipinski definition) is 1. The minimum absolute atomic E-state index is 0.0361. The lowest BCUT2D eigenvalue weighted by Crippen LogP contribution is -2.41. The molecule has 1 saturated heterocycles. The molecular formula is C10H17ClN2O. The van der Waals surface area contributed by atoms with E-state index in [1.54, 1.807) is 4.90 Å². The van der Waals surface area contributed by atoms with E-state index >= 15 is 0 Å². The Morgan fingerprint density at radius 1 is 1.79 bits per heavy atom. The monoisotopic (exact) mass is 216 g/mol. The molecule has 1 rings (SSSR count). The highest BCUT2D eigenvalue weighted by Crippen LogP contribution is 2.14. The molecule has 1 fully saturated rings. The van der Waals surface area contributed by atoms with E-state index in [1.807, 2.05) is 13.8 Å². The lowest BCUT2D eigenvalue weighted by atomic mass is 10.2. The Morgan fingerprint density at radius 2 is 2.43 bits per heavy atom. The van der Waals surface area contributed by atoms with E-state index in [2.05, 4.69) is 11.9 Å². The third-order valence-electron chi connectivity index (χ3n) is 2.19. The highest BCUT2D eigenvalue weighted by atomic mass is 35.5. The van der Waals surface area contributed by atoms with Gasteiger partial charge in [0.15, 0.2) is 0 Å². The van der Waals surface area contributed by atoms with E-state index in [0.717, 1.165) is 13.0 Å². The molecule has 0 spiro atoms. The second-order valence-electron chi connectivity index (χ2n) is 3.94. The fraction of sp³-hybridized carbons (Fsp3) is 0.700. The van der Waals surface area contributed by atoms with Gasteiger partial charge in [-0.1, -0.05) is 32.0 Å². The first kappa shape index (κ1) is 11.5. The van der Waals surface area contributed by atoms with Crippen LogP contribution in [0.3, 0.4) is 0 Å². The molecular weight excluding hydrogens is 200 g/mol. The van der Waals surface area contributed by atoms with Gasteiger partial charge in [-0.2, -0.15) is 0 Å². The number of rotatable bonds is 4. The summed E-state index contributed by atoms with van der Waals surface area (Å²) in [5.41, 5.74) is 0. The number of likely N-dealkylation sites (tertiary alicyclic amines) is 1. The first-order valence-electron chi connectivity index (χ1n) is 4.89. The lowest BCUT2D eigenvalue weighted by molar-refractivity contribution is -0.129. The maximum absolute atomic E-state index is 11.7. The maximum atomic E-state index is 11.7. The molecule has 4 heteroatoms. The predicted octanol–water partition coefficient (Wildman–Crippen LogP) is 1.34. The molecule has 1 aliphatic rings. The minimum Gasteiger partial charge on any atom is -0.336 e. The van der Waals surface area contributed by atoms with Gasteiger partial charge in [0.05, 0.1) is 12.6 Å². The van der Waals surface area contributed by atoms with Crippen LogP contribution < -0.4 is 5.32 Å². The molecule has 1 atom stereocenters. The minimum atomic E-state index is -0.0361. The Balaban J connectivity index is 2.47. The van der Waals surface area contributed by atoms with Crippen LogP contribution in [0.5, 0.6) is 0 Å². The van der Waals surface area contributed by atoms with Crippen molar-refractivity contribution >= 4 is 17.5 Å². The van der Waals surface area contributed by atoms with Crippen molar-refractivity contribution in [3.05, 3.63) is 11.6 Å². The largest absolute Gasteiger partial charge is 0.336 e. The van der Waals surface area contributed by atoms with Crippen LogP contribution in [0.1, 0.15) is 20.3 Å². The van der Waals surface area contributed by atoms with Crippen molar-refractivity contribution in [3.63, 3.8) is 0 Å². The van der Waals surface area contributed by atoms with Gasteiger partial charge in [-0.15, -0.1) is 0 Å². The van der Waals surface area contributed by atoms with Crippen molar-refractivity contribution < 1.29 is 4.79 Å². The van der Waals surface area contributed by atoms with Crippen LogP contribution in [0.2, 0.25) is 0 Å². The Kier molecular flexibility index (Phi) is 3.96. The van der Waals surface area contributed by atoms with Crippen LogP contribution >= 0.6 is 11.6 Å². The number of carbonyl (C=O) groups excluding carboxylic acids is 1. The molecule has 0 aromatic carbocycles. The molecule has 3 nitrogen and oxygen atoms in total. The third kappa shape index (κ3) is 3.00. The van der Waals surface area contributed by atoms with Crippen molar-refractivity contribution in [2.24, 2.45) is 0 Å². The third-order valence-corrected chi connectivity index (χ3v) is 2.31. The molecule has 1 aliphatic heterocycles. The maximum Gasteiger partial charge on any atom is 0.240 e. The van der Waals surface area contributed by atoms with Gasteiger partial charge in [0, 0.05) is 17.6 Å². The van der Waals surface area contributed by atoms with Crippen molar-refractivity contribution in [3.8, 4) is 0 Å². The van der Waals surface area contributed by atoms with Crippen LogP contribution in [-0.2, 0) is 4.79 Å². The molecule has 14 heavy (non-hydrogen) atoms. The van der Waals surface area contributed by atoms with Crippen molar-refractivity contribution in [2.45, 2.75) is 32.4 Å². The van der Waals surface area contributed by atoms with Crippen molar-refractivity contribution in [2.75, 3.05) is 13.1 Å². The molecule has 0 radical (unpaired) electrons. The van der Waals surface area contributed by atoms with Crippen LogP contribution in [-0.4, -0.2) is 36.0 Å². The molecule has 1 heterocycles. The number of nitrogens with zero attached hydrogens (tertiary/aromatic N) is 1. The van der Waals surface area contributed by atoms with Crippen molar-refractivity contribution in [1.29, 1.82) is 0 Å². The molecule has 0 aliphatic carbocycles. The zero-order valence-corrected chi connectivity index (χ0v) is 9.47. The quantitative estimate of drug-likeness (QED) is 0.769. The standard InChI is InChI=1S/C10H17ClN2O/c1-7(2)12-9-4-5-13(10(9)14)6-8(3)11/h7,9,12H,3-6H2,1-2H3. The Labute approximate surface area is 90.1 Å². The summed E-state index contributed by atoms with van der Waals surface area (Å²) in [6, 6.07) is 0.300. The van der Waals surface area contributed by atoms with Crippen molar-refractivity contribution in [1.82, 2.24) is 10.2 Å². The zero-order chi connectivity index (χ0) is 10.7. The second-order valence-corrected chi connectivity index (χ2v) is 4.47. The van der Waals surface area contributed by atoms with E-state index < -0.39 is 0 Å². The molecule has 0 aromatic rings. The van der Waals surface area contributed by atoms with Crippen LogP contribution in [0.15, 0.2) is 11.6 Å². The number of carbonyl (C=O) groups is 1. The summed E-state index contributed by atoms with van der Waals surface area (Å²) >= 11 is 5.67. The van der Waals surface area contributed by atoms with Gasteiger partial charge in [-0.3, -0.25) is 4.79 Å². The van der Waals surface area contributed by atoms with Gasteiger partial charge >= 0.3 is 0 Å². The highest BCUT2D eigenvalue weighted by molar-refractivity contribution is 6.29. The van der Waals surface area contributed by atoms with Gasteiger partial charge in [0.2, 0.25) is 5.91 Å². The lowest BCUT2D eigenvalue weighted by Gasteiger charge is -2.17. The van der Waals surface area contributed by atoms with Gasteiger partial charge in [0.25, 0.3) is 0 Å².